The summed E-state index contributed by atoms with van der Waals surface area (Å²) in [5, 5.41) is 6.25. The van der Waals surface area contributed by atoms with E-state index in [2.05, 4.69) is 15.0 Å². The molecule has 2 N–H and O–H groups in total. The van der Waals surface area contributed by atoms with Gasteiger partial charge in [0.05, 0.1) is 15.4 Å². The molecule has 0 saturated carbocycles. The van der Waals surface area contributed by atoms with Crippen LogP contribution in [0.1, 0.15) is 0 Å². The fraction of sp³-hybridized carbons (Fsp3) is 0.0526. The smallest absolute Gasteiger partial charge is 0.263 e. The number of benzene rings is 2. The Balaban J connectivity index is 1.45. The van der Waals surface area contributed by atoms with Gasteiger partial charge < -0.3 is 9.88 Å². The van der Waals surface area contributed by atoms with Gasteiger partial charge in [-0.15, -0.1) is 11.3 Å². The SMILES string of the molecule is O=C(Cn1ccc2cccc(Cl)c21)Nc1ccc(S(=O)(=O)Nc2nccs2)cc1. The van der Waals surface area contributed by atoms with Crippen LogP contribution in [0.25, 0.3) is 10.9 Å². The molecule has 2 aromatic carbocycles. The van der Waals surface area contributed by atoms with Crippen molar-refractivity contribution in [1.82, 2.24) is 9.55 Å². The van der Waals surface area contributed by atoms with Gasteiger partial charge in [-0.25, -0.2) is 13.4 Å². The fourth-order valence-electron chi connectivity index (χ4n) is 2.87. The molecule has 0 saturated heterocycles. The Kier molecular flexibility index (Phi) is 5.27. The van der Waals surface area contributed by atoms with Crippen molar-refractivity contribution in [1.29, 1.82) is 0 Å². The molecule has 29 heavy (non-hydrogen) atoms. The van der Waals surface area contributed by atoms with E-state index in [0.717, 1.165) is 10.9 Å². The zero-order chi connectivity index (χ0) is 20.4. The molecular weight excluding hydrogens is 432 g/mol. The van der Waals surface area contributed by atoms with E-state index in [0.29, 0.717) is 15.8 Å². The van der Waals surface area contributed by atoms with E-state index < -0.39 is 10.0 Å². The predicted octanol–water partition coefficient (Wildman–Crippen LogP) is 4.19. The van der Waals surface area contributed by atoms with Gasteiger partial charge in [0.1, 0.15) is 6.54 Å². The number of nitrogens with zero attached hydrogens (tertiary/aromatic N) is 2. The molecule has 10 heteroatoms. The van der Waals surface area contributed by atoms with E-state index in [1.54, 1.807) is 22.2 Å². The first-order valence-corrected chi connectivity index (χ1v) is 11.2. The maximum absolute atomic E-state index is 12.4. The lowest BCUT2D eigenvalue weighted by Crippen LogP contribution is -2.18. The Hall–Kier alpha value is -2.88. The summed E-state index contributed by atoms with van der Waals surface area (Å²) in [5.41, 5.74) is 1.28. The van der Waals surface area contributed by atoms with Crippen molar-refractivity contribution in [3.05, 3.63) is 71.3 Å². The molecule has 4 rings (SSSR count). The number of anilines is 2. The van der Waals surface area contributed by atoms with Crippen molar-refractivity contribution in [2.45, 2.75) is 11.4 Å². The maximum Gasteiger partial charge on any atom is 0.263 e. The predicted molar refractivity (Wildman–Crippen MR) is 115 cm³/mol. The van der Waals surface area contributed by atoms with Crippen LogP contribution in [-0.4, -0.2) is 23.9 Å². The summed E-state index contributed by atoms with van der Waals surface area (Å²) in [6.07, 6.45) is 3.32. The number of halogens is 1. The Morgan fingerprint density at radius 1 is 1.14 bits per heavy atom. The second-order valence-corrected chi connectivity index (χ2v) is 9.12. The average molecular weight is 447 g/mol. The van der Waals surface area contributed by atoms with Crippen molar-refractivity contribution in [2.75, 3.05) is 10.0 Å². The Labute approximate surface area is 176 Å². The first kappa shape index (κ1) is 19.4. The van der Waals surface area contributed by atoms with E-state index in [9.17, 15) is 13.2 Å². The van der Waals surface area contributed by atoms with Crippen molar-refractivity contribution in [3.8, 4) is 0 Å². The van der Waals surface area contributed by atoms with Crippen LogP contribution in [-0.2, 0) is 21.4 Å². The molecule has 7 nitrogen and oxygen atoms in total. The zero-order valence-corrected chi connectivity index (χ0v) is 17.3. The molecule has 2 heterocycles. The van der Waals surface area contributed by atoms with E-state index in [1.165, 1.54) is 41.8 Å². The monoisotopic (exact) mass is 446 g/mol. The van der Waals surface area contributed by atoms with E-state index in [-0.39, 0.29) is 17.3 Å². The number of hydrogen-bond donors (Lipinski definition) is 2. The number of carbonyl (C=O) groups excluding carboxylic acids is 1. The van der Waals surface area contributed by atoms with Crippen LogP contribution in [0.3, 0.4) is 0 Å². The molecule has 0 atom stereocenters. The van der Waals surface area contributed by atoms with Crippen LogP contribution < -0.4 is 10.0 Å². The molecule has 4 aromatic rings. The third-order valence-electron chi connectivity index (χ3n) is 4.16. The van der Waals surface area contributed by atoms with Gasteiger partial charge in [-0.1, -0.05) is 23.7 Å². The van der Waals surface area contributed by atoms with Crippen LogP contribution in [0.4, 0.5) is 10.8 Å². The average Bonchev–Trinajstić information content (AvgIpc) is 3.32. The molecule has 2 aromatic heterocycles. The fourth-order valence-corrected chi connectivity index (χ4v) is 4.95. The van der Waals surface area contributed by atoms with Crippen LogP contribution >= 0.6 is 22.9 Å². The lowest BCUT2D eigenvalue weighted by atomic mass is 10.2. The molecule has 0 radical (unpaired) electrons. The number of carbonyl (C=O) groups is 1. The molecular formula is C19H15ClN4O3S2. The number of amides is 1. The molecule has 0 unspecified atom stereocenters. The summed E-state index contributed by atoms with van der Waals surface area (Å²) < 4.78 is 28.9. The summed E-state index contributed by atoms with van der Waals surface area (Å²) in [5.74, 6) is -0.251. The Bertz CT molecular complexity index is 1270. The molecule has 0 spiro atoms. The molecule has 0 aliphatic carbocycles. The van der Waals surface area contributed by atoms with E-state index >= 15 is 0 Å². The summed E-state index contributed by atoms with van der Waals surface area (Å²) in [6, 6.07) is 13.4. The largest absolute Gasteiger partial charge is 0.337 e. The number of rotatable bonds is 6. The topological polar surface area (TPSA) is 93.1 Å². The van der Waals surface area contributed by atoms with Gasteiger partial charge in [-0.3, -0.25) is 9.52 Å². The molecule has 0 fully saturated rings. The standard InChI is InChI=1S/C19H15ClN4O3S2/c20-16-3-1-2-13-8-10-24(18(13)16)12-17(25)22-14-4-6-15(7-5-14)29(26,27)23-19-21-9-11-28-19/h1-11H,12H2,(H,21,23)(H,22,25). The highest BCUT2D eigenvalue weighted by Crippen LogP contribution is 2.24. The normalized spacial score (nSPS) is 11.5. The lowest BCUT2D eigenvalue weighted by molar-refractivity contribution is -0.116. The summed E-state index contributed by atoms with van der Waals surface area (Å²) in [7, 11) is -3.73. The quantitative estimate of drug-likeness (QED) is 0.464. The van der Waals surface area contributed by atoms with Crippen molar-refractivity contribution in [3.63, 3.8) is 0 Å². The van der Waals surface area contributed by atoms with Gasteiger partial charge in [0.25, 0.3) is 10.0 Å². The zero-order valence-electron chi connectivity index (χ0n) is 14.9. The first-order valence-electron chi connectivity index (χ1n) is 8.48. The number of sulfonamides is 1. The second kappa shape index (κ2) is 7.86. The number of para-hydroxylation sites is 1. The number of hydrogen-bond acceptors (Lipinski definition) is 5. The van der Waals surface area contributed by atoms with Crippen LogP contribution in [0.15, 0.2) is 71.2 Å². The van der Waals surface area contributed by atoms with Gasteiger partial charge >= 0.3 is 0 Å². The summed E-state index contributed by atoms with van der Waals surface area (Å²) in [4.78, 5) is 16.4. The van der Waals surface area contributed by atoms with E-state index in [4.69, 9.17) is 11.6 Å². The molecule has 148 valence electrons. The molecule has 0 bridgehead atoms. The van der Waals surface area contributed by atoms with Crippen molar-refractivity contribution in [2.24, 2.45) is 0 Å². The highest BCUT2D eigenvalue weighted by molar-refractivity contribution is 7.93. The van der Waals surface area contributed by atoms with Crippen LogP contribution in [0, 0.1) is 0 Å². The van der Waals surface area contributed by atoms with Crippen molar-refractivity contribution < 1.29 is 13.2 Å². The summed E-state index contributed by atoms with van der Waals surface area (Å²) >= 11 is 7.43. The minimum Gasteiger partial charge on any atom is -0.337 e. The Morgan fingerprint density at radius 2 is 1.93 bits per heavy atom. The first-order chi connectivity index (χ1) is 13.9. The molecule has 0 aliphatic heterocycles. The third kappa shape index (κ3) is 4.26. The lowest BCUT2D eigenvalue weighted by Gasteiger charge is -2.09. The van der Waals surface area contributed by atoms with Gasteiger partial charge in [0.15, 0.2) is 5.13 Å². The molecule has 0 aliphatic rings. The highest BCUT2D eigenvalue weighted by atomic mass is 35.5. The number of thiazole rings is 1. The highest BCUT2D eigenvalue weighted by Gasteiger charge is 2.16. The van der Waals surface area contributed by atoms with Gasteiger partial charge in [-0.2, -0.15) is 0 Å². The summed E-state index contributed by atoms with van der Waals surface area (Å²) in [6.45, 7) is 0.0822. The Morgan fingerprint density at radius 3 is 2.66 bits per heavy atom. The van der Waals surface area contributed by atoms with Gasteiger partial charge in [0, 0.05) is 28.8 Å². The van der Waals surface area contributed by atoms with E-state index in [1.807, 2.05) is 18.2 Å². The number of fused-ring (bicyclic) bond motifs is 1. The minimum absolute atomic E-state index is 0.0777. The third-order valence-corrected chi connectivity index (χ3v) is 6.63. The second-order valence-electron chi connectivity index (χ2n) is 6.14. The van der Waals surface area contributed by atoms with Crippen molar-refractivity contribution >= 4 is 60.6 Å². The molecule has 1 amide bonds. The van der Waals surface area contributed by atoms with Crippen LogP contribution in [0.5, 0.6) is 0 Å². The van der Waals surface area contributed by atoms with Gasteiger partial charge in [-0.05, 0) is 36.4 Å². The van der Waals surface area contributed by atoms with Gasteiger partial charge in [0.2, 0.25) is 5.91 Å². The van der Waals surface area contributed by atoms with Crippen LogP contribution in [0.2, 0.25) is 5.02 Å². The maximum atomic E-state index is 12.4. The number of nitrogens with one attached hydrogen (secondary N) is 2. The number of aromatic nitrogens is 2. The minimum atomic E-state index is -3.73.